The number of para-hydroxylation sites is 1. The lowest BCUT2D eigenvalue weighted by molar-refractivity contribution is -0.122. The predicted molar refractivity (Wildman–Crippen MR) is 137 cm³/mol. The lowest BCUT2D eigenvalue weighted by Gasteiger charge is -2.18. The zero-order chi connectivity index (χ0) is 25.2. The summed E-state index contributed by atoms with van der Waals surface area (Å²) in [4.78, 5) is 25.8. The highest BCUT2D eigenvalue weighted by Crippen LogP contribution is 2.27. The maximum absolute atomic E-state index is 12.9. The van der Waals surface area contributed by atoms with E-state index >= 15 is 0 Å². The number of hydrogen-bond acceptors (Lipinski definition) is 5. The number of benzene rings is 3. The lowest BCUT2D eigenvalue weighted by Crippen LogP contribution is -2.33. The molecule has 3 aromatic rings. The van der Waals surface area contributed by atoms with E-state index in [2.05, 4.69) is 10.6 Å². The highest BCUT2D eigenvalue weighted by Gasteiger charge is 2.21. The summed E-state index contributed by atoms with van der Waals surface area (Å²) in [7, 11) is 3.17. The largest absolute Gasteiger partial charge is 0.493 e. The first-order chi connectivity index (χ1) is 16.9. The Bertz CT molecular complexity index is 1150. The van der Waals surface area contributed by atoms with Gasteiger partial charge >= 0.3 is 0 Å². The van der Waals surface area contributed by atoms with E-state index in [4.69, 9.17) is 25.8 Å². The molecular formula is C27H29ClN2O5. The van der Waals surface area contributed by atoms with Gasteiger partial charge in [-0.25, -0.2) is 0 Å². The fourth-order valence-electron chi connectivity index (χ4n) is 3.45. The topological polar surface area (TPSA) is 85.9 Å². The van der Waals surface area contributed by atoms with Crippen molar-refractivity contribution in [3.63, 3.8) is 0 Å². The molecule has 2 N–H and O–H groups in total. The summed E-state index contributed by atoms with van der Waals surface area (Å²) in [5.74, 6) is 1.20. The van der Waals surface area contributed by atoms with Crippen molar-refractivity contribution < 1.29 is 23.8 Å². The van der Waals surface area contributed by atoms with Crippen molar-refractivity contribution in [2.45, 2.75) is 25.9 Å². The van der Waals surface area contributed by atoms with Crippen molar-refractivity contribution in [2.24, 2.45) is 0 Å². The molecule has 0 bridgehead atoms. The van der Waals surface area contributed by atoms with Gasteiger partial charge < -0.3 is 24.8 Å². The average molecular weight is 497 g/mol. The first-order valence-corrected chi connectivity index (χ1v) is 11.6. The molecule has 3 rings (SSSR count). The smallest absolute Gasteiger partial charge is 0.265 e. The third-order valence-corrected chi connectivity index (χ3v) is 5.58. The van der Waals surface area contributed by atoms with Gasteiger partial charge in [-0.2, -0.15) is 0 Å². The molecule has 0 fully saturated rings. The summed E-state index contributed by atoms with van der Waals surface area (Å²) < 4.78 is 16.4. The van der Waals surface area contributed by atoms with E-state index in [1.807, 2.05) is 25.1 Å². The average Bonchev–Trinajstić information content (AvgIpc) is 2.88. The second kappa shape index (κ2) is 12.7. The third kappa shape index (κ3) is 7.13. The molecule has 0 saturated heterocycles. The highest BCUT2D eigenvalue weighted by molar-refractivity contribution is 6.30. The number of rotatable bonds is 11. The Kier molecular flexibility index (Phi) is 9.38. The van der Waals surface area contributed by atoms with Crippen LogP contribution in [0.1, 0.15) is 29.3 Å². The number of carbonyl (C=O) groups excluding carboxylic acids is 2. The van der Waals surface area contributed by atoms with Gasteiger partial charge in [-0.05, 0) is 66.9 Å². The minimum absolute atomic E-state index is 0.284. The van der Waals surface area contributed by atoms with Crippen LogP contribution in [0.2, 0.25) is 5.02 Å². The zero-order valence-corrected chi connectivity index (χ0v) is 20.7. The van der Waals surface area contributed by atoms with E-state index in [-0.39, 0.29) is 11.8 Å². The zero-order valence-electron chi connectivity index (χ0n) is 20.0. The van der Waals surface area contributed by atoms with Crippen LogP contribution in [0, 0.1) is 0 Å². The first kappa shape index (κ1) is 25.9. The van der Waals surface area contributed by atoms with Crippen LogP contribution >= 0.6 is 11.6 Å². The van der Waals surface area contributed by atoms with Crippen LogP contribution in [0.3, 0.4) is 0 Å². The molecule has 0 spiro atoms. The SMILES string of the molecule is CC[C@@H](Oc1ccc(Cl)cc1)C(=O)Nc1ccccc1C(=O)NCCc1ccc(OC)c(OC)c1. The molecule has 1 atom stereocenters. The minimum atomic E-state index is -0.725. The number of ether oxygens (including phenoxy) is 3. The summed E-state index contributed by atoms with van der Waals surface area (Å²) >= 11 is 5.91. The molecule has 7 nitrogen and oxygen atoms in total. The summed E-state index contributed by atoms with van der Waals surface area (Å²) in [6.07, 6.45) is 0.332. The summed E-state index contributed by atoms with van der Waals surface area (Å²) in [6, 6.07) is 19.3. The monoisotopic (exact) mass is 496 g/mol. The molecule has 0 aliphatic carbocycles. The first-order valence-electron chi connectivity index (χ1n) is 11.3. The Morgan fingerprint density at radius 3 is 2.34 bits per heavy atom. The van der Waals surface area contributed by atoms with E-state index in [1.54, 1.807) is 62.8 Å². The van der Waals surface area contributed by atoms with Crippen molar-refractivity contribution in [1.29, 1.82) is 0 Å². The predicted octanol–water partition coefficient (Wildman–Crippen LogP) is 5.13. The van der Waals surface area contributed by atoms with Gasteiger partial charge in [-0.15, -0.1) is 0 Å². The Hall–Kier alpha value is -3.71. The van der Waals surface area contributed by atoms with Gasteiger partial charge in [0.2, 0.25) is 0 Å². The van der Waals surface area contributed by atoms with Crippen molar-refractivity contribution in [3.05, 3.63) is 82.9 Å². The summed E-state index contributed by atoms with van der Waals surface area (Å²) in [6.45, 7) is 2.26. The number of anilines is 1. The number of methoxy groups -OCH3 is 2. The van der Waals surface area contributed by atoms with Crippen LogP contribution < -0.4 is 24.8 Å². The summed E-state index contributed by atoms with van der Waals surface area (Å²) in [5, 5.41) is 6.32. The van der Waals surface area contributed by atoms with Crippen LogP contribution in [0.4, 0.5) is 5.69 Å². The van der Waals surface area contributed by atoms with Gasteiger partial charge in [0.1, 0.15) is 5.75 Å². The van der Waals surface area contributed by atoms with Gasteiger partial charge in [-0.1, -0.05) is 36.7 Å². The van der Waals surface area contributed by atoms with E-state index in [0.29, 0.717) is 52.9 Å². The molecular weight excluding hydrogens is 468 g/mol. The number of carbonyl (C=O) groups is 2. The van der Waals surface area contributed by atoms with Crippen molar-refractivity contribution in [1.82, 2.24) is 5.32 Å². The number of hydrogen-bond donors (Lipinski definition) is 2. The number of amides is 2. The summed E-state index contributed by atoms with van der Waals surface area (Å²) in [5.41, 5.74) is 1.78. The normalized spacial score (nSPS) is 11.3. The fraction of sp³-hybridized carbons (Fsp3) is 0.259. The second-order valence-corrected chi connectivity index (χ2v) is 8.14. The molecule has 0 aromatic heterocycles. The Balaban J connectivity index is 1.61. The standard InChI is InChI=1S/C27H29ClN2O5/c1-4-23(35-20-12-10-19(28)11-13-20)27(32)30-22-8-6-5-7-21(22)26(31)29-16-15-18-9-14-24(33-2)25(17-18)34-3/h5-14,17,23H,4,15-16H2,1-3H3,(H,29,31)(H,30,32)/t23-/m1/s1. The number of nitrogens with one attached hydrogen (secondary N) is 2. The van der Waals surface area contributed by atoms with Gasteiger partial charge in [0.05, 0.1) is 25.5 Å². The molecule has 0 saturated carbocycles. The van der Waals surface area contributed by atoms with E-state index in [9.17, 15) is 9.59 Å². The van der Waals surface area contributed by atoms with E-state index in [0.717, 1.165) is 5.56 Å². The molecule has 0 radical (unpaired) electrons. The van der Waals surface area contributed by atoms with Gasteiger partial charge in [0, 0.05) is 11.6 Å². The van der Waals surface area contributed by atoms with Gasteiger partial charge in [0.15, 0.2) is 17.6 Å². The molecule has 3 aromatic carbocycles. The van der Waals surface area contributed by atoms with Crippen LogP contribution in [0.15, 0.2) is 66.7 Å². The Morgan fingerprint density at radius 2 is 1.66 bits per heavy atom. The molecule has 8 heteroatoms. The Morgan fingerprint density at radius 1 is 0.943 bits per heavy atom. The molecule has 0 heterocycles. The van der Waals surface area contributed by atoms with Crippen LogP contribution in [0.5, 0.6) is 17.2 Å². The molecule has 184 valence electrons. The van der Waals surface area contributed by atoms with Gasteiger partial charge in [0.25, 0.3) is 11.8 Å². The molecule has 35 heavy (non-hydrogen) atoms. The van der Waals surface area contributed by atoms with Crippen molar-refractivity contribution in [2.75, 3.05) is 26.1 Å². The van der Waals surface area contributed by atoms with E-state index < -0.39 is 6.10 Å². The van der Waals surface area contributed by atoms with Crippen LogP contribution in [-0.4, -0.2) is 38.7 Å². The van der Waals surface area contributed by atoms with Gasteiger partial charge in [-0.3, -0.25) is 9.59 Å². The van der Waals surface area contributed by atoms with Crippen molar-refractivity contribution >= 4 is 29.1 Å². The fourth-order valence-corrected chi connectivity index (χ4v) is 3.58. The quantitative estimate of drug-likeness (QED) is 0.384. The van der Waals surface area contributed by atoms with E-state index in [1.165, 1.54) is 0 Å². The minimum Gasteiger partial charge on any atom is -0.493 e. The number of halogens is 1. The highest BCUT2D eigenvalue weighted by atomic mass is 35.5. The molecule has 0 unspecified atom stereocenters. The second-order valence-electron chi connectivity index (χ2n) is 7.70. The molecule has 2 amide bonds. The maximum Gasteiger partial charge on any atom is 0.265 e. The van der Waals surface area contributed by atoms with Crippen LogP contribution in [0.25, 0.3) is 0 Å². The third-order valence-electron chi connectivity index (χ3n) is 5.33. The maximum atomic E-state index is 12.9. The lowest BCUT2D eigenvalue weighted by atomic mass is 10.1. The molecule has 0 aliphatic heterocycles. The Labute approximate surface area is 210 Å². The van der Waals surface area contributed by atoms with Crippen LogP contribution in [-0.2, 0) is 11.2 Å². The van der Waals surface area contributed by atoms with Crippen molar-refractivity contribution in [3.8, 4) is 17.2 Å². The molecule has 0 aliphatic rings.